The van der Waals surface area contributed by atoms with Crippen molar-refractivity contribution < 1.29 is 31.1 Å². The van der Waals surface area contributed by atoms with Gasteiger partial charge in [0.1, 0.15) is 11.6 Å². The number of nitrogens with zero attached hydrogens (tertiary/aromatic N) is 1. The summed E-state index contributed by atoms with van der Waals surface area (Å²) in [5.41, 5.74) is -1.05. The zero-order valence-corrected chi connectivity index (χ0v) is 17.1. The van der Waals surface area contributed by atoms with E-state index in [2.05, 4.69) is 9.97 Å². The van der Waals surface area contributed by atoms with Crippen molar-refractivity contribution in [2.45, 2.75) is 25.7 Å². The molecule has 170 valence electrons. The summed E-state index contributed by atoms with van der Waals surface area (Å²) in [6.45, 7) is 0.0657. The van der Waals surface area contributed by atoms with Crippen LogP contribution in [-0.2, 0) is 12.6 Å². The maximum atomic E-state index is 12.9. The molecule has 0 aliphatic carbocycles. The van der Waals surface area contributed by atoms with E-state index in [1.165, 1.54) is 30.3 Å². The van der Waals surface area contributed by atoms with Crippen LogP contribution in [0, 0.1) is 0 Å². The minimum atomic E-state index is -4.61. The number of rotatable bonds is 5. The summed E-state index contributed by atoms with van der Waals surface area (Å²) in [6, 6.07) is 8.02. The minimum absolute atomic E-state index is 0.0320. The lowest BCUT2D eigenvalue weighted by atomic mass is 10.0. The molecule has 0 saturated carbocycles. The monoisotopic (exact) mass is 476 g/mol. The van der Waals surface area contributed by atoms with E-state index in [1.54, 1.807) is 6.92 Å². The molecule has 0 atom stereocenters. The lowest BCUT2D eigenvalue weighted by Crippen LogP contribution is -2.20. The standard InChI is InChI=1S/C21H15ClF6N2O2/c1-2-13-17(11-6-8-12(9-7-11)21(26,27)28)29-18(30-19(13)31)16-14(22)4-3-5-15(16)32-10-20(23,24)25/h3-9H,2,10H2,1H3,(H,29,30,31). The van der Waals surface area contributed by atoms with Crippen LogP contribution in [0.1, 0.15) is 18.1 Å². The third kappa shape index (κ3) is 5.24. The van der Waals surface area contributed by atoms with Crippen LogP contribution >= 0.6 is 11.6 Å². The van der Waals surface area contributed by atoms with Gasteiger partial charge in [-0.05, 0) is 30.7 Å². The predicted octanol–water partition coefficient (Wildman–Crippen LogP) is 6.28. The van der Waals surface area contributed by atoms with E-state index in [1.807, 2.05) is 0 Å². The summed E-state index contributed by atoms with van der Waals surface area (Å²) in [5, 5.41) is -0.0320. The minimum Gasteiger partial charge on any atom is -0.483 e. The van der Waals surface area contributed by atoms with Crippen LogP contribution in [0.5, 0.6) is 5.75 Å². The molecule has 0 spiro atoms. The first-order chi connectivity index (χ1) is 14.9. The molecule has 0 radical (unpaired) electrons. The number of ether oxygens (including phenoxy) is 1. The second kappa shape index (κ2) is 8.85. The summed E-state index contributed by atoms with van der Waals surface area (Å²) in [4.78, 5) is 19.5. The zero-order chi connectivity index (χ0) is 23.7. The molecule has 1 aromatic heterocycles. The SMILES string of the molecule is CCc1c(-c2ccc(C(F)(F)F)cc2)nc(-c2c(Cl)cccc2OCC(F)(F)F)[nH]c1=O. The first kappa shape index (κ1) is 23.6. The number of aromatic nitrogens is 2. The number of halogens is 7. The van der Waals surface area contributed by atoms with Crippen molar-refractivity contribution in [1.82, 2.24) is 9.97 Å². The van der Waals surface area contributed by atoms with Crippen LogP contribution in [0.4, 0.5) is 26.3 Å². The summed E-state index contributed by atoms with van der Waals surface area (Å²) in [6.07, 6.45) is -8.95. The molecule has 0 bridgehead atoms. The van der Waals surface area contributed by atoms with E-state index in [-0.39, 0.29) is 45.4 Å². The van der Waals surface area contributed by atoms with Crippen LogP contribution in [0.25, 0.3) is 22.6 Å². The van der Waals surface area contributed by atoms with Crippen molar-refractivity contribution in [3.63, 3.8) is 0 Å². The fourth-order valence-corrected chi connectivity index (χ4v) is 3.27. The zero-order valence-electron chi connectivity index (χ0n) is 16.4. The number of alkyl halides is 6. The topological polar surface area (TPSA) is 55.0 Å². The molecular weight excluding hydrogens is 462 g/mol. The lowest BCUT2D eigenvalue weighted by molar-refractivity contribution is -0.153. The van der Waals surface area contributed by atoms with Gasteiger partial charge in [-0.3, -0.25) is 4.79 Å². The normalized spacial score (nSPS) is 12.1. The van der Waals surface area contributed by atoms with E-state index >= 15 is 0 Å². The quantitative estimate of drug-likeness (QED) is 0.441. The predicted molar refractivity (Wildman–Crippen MR) is 107 cm³/mol. The van der Waals surface area contributed by atoms with Crippen LogP contribution in [0.15, 0.2) is 47.3 Å². The smallest absolute Gasteiger partial charge is 0.422 e. The number of H-pyrrole nitrogens is 1. The van der Waals surface area contributed by atoms with Crippen molar-refractivity contribution in [2.75, 3.05) is 6.61 Å². The second-order valence-corrected chi connectivity index (χ2v) is 7.09. The van der Waals surface area contributed by atoms with Gasteiger partial charge in [0, 0.05) is 11.1 Å². The van der Waals surface area contributed by atoms with Crippen molar-refractivity contribution in [3.8, 4) is 28.4 Å². The van der Waals surface area contributed by atoms with Crippen molar-refractivity contribution >= 4 is 11.6 Å². The Morgan fingerprint density at radius 3 is 2.25 bits per heavy atom. The molecule has 11 heteroatoms. The summed E-state index contributed by atoms with van der Waals surface area (Å²) < 4.78 is 81.4. The first-order valence-electron chi connectivity index (χ1n) is 9.20. The van der Waals surface area contributed by atoms with E-state index in [0.717, 1.165) is 12.1 Å². The van der Waals surface area contributed by atoms with Gasteiger partial charge in [0.2, 0.25) is 0 Å². The fourth-order valence-electron chi connectivity index (χ4n) is 3.01. The summed E-state index contributed by atoms with van der Waals surface area (Å²) in [7, 11) is 0. The van der Waals surface area contributed by atoms with Crippen molar-refractivity contribution in [3.05, 3.63) is 69.0 Å². The van der Waals surface area contributed by atoms with Gasteiger partial charge in [-0.1, -0.05) is 36.7 Å². The molecule has 3 aromatic rings. The molecule has 0 aliphatic rings. The Hall–Kier alpha value is -3.01. The Morgan fingerprint density at radius 1 is 1.03 bits per heavy atom. The molecular formula is C21H15ClF6N2O2. The van der Waals surface area contributed by atoms with Gasteiger partial charge < -0.3 is 9.72 Å². The van der Waals surface area contributed by atoms with Gasteiger partial charge in [-0.2, -0.15) is 26.3 Å². The lowest BCUT2D eigenvalue weighted by Gasteiger charge is -2.15. The Morgan fingerprint density at radius 2 is 1.69 bits per heavy atom. The van der Waals surface area contributed by atoms with Crippen molar-refractivity contribution in [1.29, 1.82) is 0 Å². The van der Waals surface area contributed by atoms with Crippen LogP contribution in [0.3, 0.4) is 0 Å². The maximum absolute atomic E-state index is 12.9. The molecule has 1 N–H and O–H groups in total. The van der Waals surface area contributed by atoms with Gasteiger partial charge in [-0.15, -0.1) is 0 Å². The van der Waals surface area contributed by atoms with E-state index in [9.17, 15) is 31.1 Å². The molecule has 0 aliphatic heterocycles. The number of nitrogens with one attached hydrogen (secondary N) is 1. The number of benzene rings is 2. The van der Waals surface area contributed by atoms with Crippen LogP contribution in [-0.4, -0.2) is 22.8 Å². The second-order valence-electron chi connectivity index (χ2n) is 6.69. The number of aromatic amines is 1. The van der Waals surface area contributed by atoms with Crippen LogP contribution in [0.2, 0.25) is 5.02 Å². The average Bonchev–Trinajstić information content (AvgIpc) is 2.70. The number of hydrogen-bond acceptors (Lipinski definition) is 3. The summed E-state index contributed by atoms with van der Waals surface area (Å²) >= 11 is 6.16. The highest BCUT2D eigenvalue weighted by molar-refractivity contribution is 6.33. The van der Waals surface area contributed by atoms with Crippen molar-refractivity contribution in [2.24, 2.45) is 0 Å². The fraction of sp³-hybridized carbons (Fsp3) is 0.238. The molecule has 4 nitrogen and oxygen atoms in total. The Bertz CT molecular complexity index is 1170. The number of hydrogen-bond donors (Lipinski definition) is 1. The molecule has 0 saturated heterocycles. The molecule has 0 unspecified atom stereocenters. The molecule has 1 heterocycles. The van der Waals surface area contributed by atoms with Gasteiger partial charge in [-0.25, -0.2) is 4.98 Å². The van der Waals surface area contributed by atoms with E-state index in [4.69, 9.17) is 16.3 Å². The molecule has 0 amide bonds. The molecule has 0 fully saturated rings. The third-order valence-corrected chi connectivity index (χ3v) is 4.77. The van der Waals surface area contributed by atoms with Gasteiger partial charge in [0.15, 0.2) is 6.61 Å². The van der Waals surface area contributed by atoms with E-state index < -0.39 is 30.1 Å². The Kier molecular flexibility index (Phi) is 6.54. The summed E-state index contributed by atoms with van der Waals surface area (Å²) in [5.74, 6) is -0.439. The highest BCUT2D eigenvalue weighted by Gasteiger charge is 2.31. The van der Waals surface area contributed by atoms with Crippen LogP contribution < -0.4 is 10.3 Å². The molecule has 32 heavy (non-hydrogen) atoms. The van der Waals surface area contributed by atoms with Gasteiger partial charge >= 0.3 is 12.4 Å². The largest absolute Gasteiger partial charge is 0.483 e. The molecule has 3 rings (SSSR count). The van der Waals surface area contributed by atoms with Gasteiger partial charge in [0.25, 0.3) is 5.56 Å². The van der Waals surface area contributed by atoms with Gasteiger partial charge in [0.05, 0.1) is 21.8 Å². The Balaban J connectivity index is 2.15. The highest BCUT2D eigenvalue weighted by atomic mass is 35.5. The maximum Gasteiger partial charge on any atom is 0.422 e. The Labute approximate surface area is 182 Å². The third-order valence-electron chi connectivity index (χ3n) is 4.46. The van der Waals surface area contributed by atoms with E-state index in [0.29, 0.717) is 0 Å². The highest BCUT2D eigenvalue weighted by Crippen LogP contribution is 2.37. The average molecular weight is 477 g/mol. The molecule has 2 aromatic carbocycles. The first-order valence-corrected chi connectivity index (χ1v) is 9.57.